The molecule has 1 atom stereocenters. The van der Waals surface area contributed by atoms with Crippen LogP contribution in [-0.2, 0) is 6.54 Å². The van der Waals surface area contributed by atoms with Gasteiger partial charge in [-0.15, -0.1) is 0 Å². The highest BCUT2D eigenvalue weighted by Gasteiger charge is 2.25. The predicted octanol–water partition coefficient (Wildman–Crippen LogP) is 3.80. The molecule has 0 N–H and O–H groups in total. The van der Waals surface area contributed by atoms with E-state index in [0.717, 1.165) is 56.7 Å². The summed E-state index contributed by atoms with van der Waals surface area (Å²) in [6.45, 7) is 4.87. The molecule has 1 aliphatic heterocycles. The Morgan fingerprint density at radius 1 is 1.25 bits per heavy atom. The van der Waals surface area contributed by atoms with Crippen molar-refractivity contribution in [2.75, 3.05) is 46.8 Å². The summed E-state index contributed by atoms with van der Waals surface area (Å²) in [5, 5.41) is 3.88. The van der Waals surface area contributed by atoms with Gasteiger partial charge in [-0.25, -0.2) is 4.39 Å². The number of carbonyl (C=O) groups is 1. The molecule has 0 unspecified atom stereocenters. The SMILES string of the molecule is CN(C)CCN(C[C@@H]1CCCN(Cc2ccccc2F)C1)C(=O)c1ccsc1. The van der Waals surface area contributed by atoms with E-state index in [9.17, 15) is 9.18 Å². The first-order valence-corrected chi connectivity index (χ1v) is 10.9. The summed E-state index contributed by atoms with van der Waals surface area (Å²) < 4.78 is 14.0. The molecule has 2 aromatic rings. The minimum Gasteiger partial charge on any atom is -0.337 e. The van der Waals surface area contributed by atoms with E-state index in [1.54, 1.807) is 17.4 Å². The molecule has 0 spiro atoms. The predicted molar refractivity (Wildman–Crippen MR) is 113 cm³/mol. The Bertz CT molecular complexity index is 750. The van der Waals surface area contributed by atoms with Crippen LogP contribution in [0.4, 0.5) is 4.39 Å². The second kappa shape index (κ2) is 10.1. The normalized spacial score (nSPS) is 17.8. The van der Waals surface area contributed by atoms with Crippen molar-refractivity contribution in [1.82, 2.24) is 14.7 Å². The van der Waals surface area contributed by atoms with Crippen LogP contribution in [0.15, 0.2) is 41.1 Å². The zero-order valence-electron chi connectivity index (χ0n) is 16.8. The van der Waals surface area contributed by atoms with Crippen LogP contribution in [0.1, 0.15) is 28.8 Å². The van der Waals surface area contributed by atoms with E-state index < -0.39 is 0 Å². The lowest BCUT2D eigenvalue weighted by Crippen LogP contribution is -2.44. The van der Waals surface area contributed by atoms with Crippen molar-refractivity contribution in [1.29, 1.82) is 0 Å². The van der Waals surface area contributed by atoms with E-state index in [-0.39, 0.29) is 11.7 Å². The number of benzene rings is 1. The molecule has 152 valence electrons. The molecule has 1 aliphatic rings. The molecule has 6 heteroatoms. The van der Waals surface area contributed by atoms with E-state index in [4.69, 9.17) is 0 Å². The first kappa shape index (κ1) is 21.0. The summed E-state index contributed by atoms with van der Waals surface area (Å²) in [7, 11) is 4.06. The zero-order valence-corrected chi connectivity index (χ0v) is 17.6. The molecule has 1 aromatic carbocycles. The number of nitrogens with zero attached hydrogens (tertiary/aromatic N) is 3. The maximum absolute atomic E-state index is 14.0. The van der Waals surface area contributed by atoms with E-state index in [0.29, 0.717) is 12.5 Å². The monoisotopic (exact) mass is 403 g/mol. The fourth-order valence-corrected chi connectivity index (χ4v) is 4.42. The highest BCUT2D eigenvalue weighted by molar-refractivity contribution is 7.08. The Morgan fingerprint density at radius 3 is 2.79 bits per heavy atom. The lowest BCUT2D eigenvalue weighted by molar-refractivity contribution is 0.0660. The molecule has 0 bridgehead atoms. The molecule has 0 aliphatic carbocycles. The summed E-state index contributed by atoms with van der Waals surface area (Å²) in [4.78, 5) is 19.4. The summed E-state index contributed by atoms with van der Waals surface area (Å²) in [5.74, 6) is 0.407. The number of piperidine rings is 1. The van der Waals surface area contributed by atoms with Crippen LogP contribution in [0.2, 0.25) is 0 Å². The Kier molecular flexibility index (Phi) is 7.59. The number of likely N-dealkylation sites (tertiary alicyclic amines) is 1. The fourth-order valence-electron chi connectivity index (χ4n) is 3.79. The topological polar surface area (TPSA) is 26.8 Å². The van der Waals surface area contributed by atoms with Crippen LogP contribution in [-0.4, -0.2) is 67.4 Å². The Hall–Kier alpha value is -1.76. The summed E-state index contributed by atoms with van der Waals surface area (Å²) in [5.41, 5.74) is 1.53. The van der Waals surface area contributed by atoms with Crippen LogP contribution in [0.5, 0.6) is 0 Å². The minimum atomic E-state index is -0.134. The Morgan fingerprint density at radius 2 is 2.07 bits per heavy atom. The van der Waals surface area contributed by atoms with Gasteiger partial charge in [-0.05, 0) is 56.9 Å². The van der Waals surface area contributed by atoms with Gasteiger partial charge in [-0.2, -0.15) is 11.3 Å². The first-order chi connectivity index (χ1) is 13.5. The third-order valence-corrected chi connectivity index (χ3v) is 5.99. The van der Waals surface area contributed by atoms with E-state index in [1.165, 1.54) is 6.07 Å². The third-order valence-electron chi connectivity index (χ3n) is 5.31. The highest BCUT2D eigenvalue weighted by Crippen LogP contribution is 2.22. The molecule has 1 aromatic heterocycles. The number of likely N-dealkylation sites (N-methyl/N-ethyl adjacent to an activating group) is 1. The van der Waals surface area contributed by atoms with E-state index >= 15 is 0 Å². The molecule has 4 nitrogen and oxygen atoms in total. The number of amides is 1. The van der Waals surface area contributed by atoms with Gasteiger partial charge in [0, 0.05) is 43.7 Å². The van der Waals surface area contributed by atoms with Crippen LogP contribution in [0, 0.1) is 11.7 Å². The van der Waals surface area contributed by atoms with E-state index in [2.05, 4.69) is 9.80 Å². The molecule has 1 amide bonds. The number of hydrogen-bond donors (Lipinski definition) is 0. The van der Waals surface area contributed by atoms with Gasteiger partial charge in [-0.3, -0.25) is 9.69 Å². The zero-order chi connectivity index (χ0) is 19.9. The van der Waals surface area contributed by atoms with Gasteiger partial charge in [0.2, 0.25) is 0 Å². The quantitative estimate of drug-likeness (QED) is 0.671. The van der Waals surface area contributed by atoms with Gasteiger partial charge in [-0.1, -0.05) is 18.2 Å². The molecule has 3 rings (SSSR count). The maximum atomic E-state index is 14.0. The van der Waals surface area contributed by atoms with Gasteiger partial charge in [0.25, 0.3) is 5.91 Å². The van der Waals surface area contributed by atoms with Gasteiger partial charge < -0.3 is 9.80 Å². The van der Waals surface area contributed by atoms with E-state index in [1.807, 2.05) is 48.0 Å². The molecular weight excluding hydrogens is 373 g/mol. The van der Waals surface area contributed by atoms with Crippen molar-refractivity contribution < 1.29 is 9.18 Å². The second-order valence-corrected chi connectivity index (χ2v) is 8.68. The van der Waals surface area contributed by atoms with Crippen LogP contribution in [0.25, 0.3) is 0 Å². The summed E-state index contributed by atoms with van der Waals surface area (Å²) >= 11 is 1.56. The van der Waals surface area contributed by atoms with Crippen molar-refractivity contribution in [3.8, 4) is 0 Å². The van der Waals surface area contributed by atoms with Crippen LogP contribution >= 0.6 is 11.3 Å². The maximum Gasteiger partial charge on any atom is 0.254 e. The number of thiophene rings is 1. The average molecular weight is 404 g/mol. The largest absolute Gasteiger partial charge is 0.337 e. The van der Waals surface area contributed by atoms with Crippen molar-refractivity contribution in [2.24, 2.45) is 5.92 Å². The van der Waals surface area contributed by atoms with Gasteiger partial charge in [0.1, 0.15) is 5.82 Å². The number of halogens is 1. The fraction of sp³-hybridized carbons (Fsp3) is 0.500. The number of rotatable bonds is 8. The number of hydrogen-bond acceptors (Lipinski definition) is 4. The lowest BCUT2D eigenvalue weighted by Gasteiger charge is -2.36. The standard InChI is InChI=1S/C22H30FN3OS/c1-24(2)11-12-26(22(27)20-9-13-28-17-20)15-18-6-5-10-25(14-18)16-19-7-3-4-8-21(19)23/h3-4,7-9,13,17-18H,5-6,10-12,14-16H2,1-2H3/t18-/m1/s1. The van der Waals surface area contributed by atoms with Crippen molar-refractivity contribution in [3.63, 3.8) is 0 Å². The Balaban J connectivity index is 1.62. The van der Waals surface area contributed by atoms with Crippen LogP contribution < -0.4 is 0 Å². The summed E-state index contributed by atoms with van der Waals surface area (Å²) in [6.07, 6.45) is 2.20. The van der Waals surface area contributed by atoms with Gasteiger partial charge in [0.05, 0.1) is 5.56 Å². The lowest BCUT2D eigenvalue weighted by atomic mass is 9.96. The van der Waals surface area contributed by atoms with Crippen molar-refractivity contribution in [2.45, 2.75) is 19.4 Å². The smallest absolute Gasteiger partial charge is 0.254 e. The molecule has 0 saturated carbocycles. The molecule has 2 heterocycles. The van der Waals surface area contributed by atoms with Crippen molar-refractivity contribution >= 4 is 17.2 Å². The van der Waals surface area contributed by atoms with Gasteiger partial charge in [0.15, 0.2) is 0 Å². The van der Waals surface area contributed by atoms with Crippen LogP contribution in [0.3, 0.4) is 0 Å². The van der Waals surface area contributed by atoms with Crippen molar-refractivity contribution in [3.05, 3.63) is 58.0 Å². The Labute approximate surface area is 171 Å². The molecule has 0 radical (unpaired) electrons. The van der Waals surface area contributed by atoms with Gasteiger partial charge >= 0.3 is 0 Å². The highest BCUT2D eigenvalue weighted by atomic mass is 32.1. The molecular formula is C22H30FN3OS. The average Bonchev–Trinajstić information content (AvgIpc) is 3.21. The first-order valence-electron chi connectivity index (χ1n) is 9.95. The third kappa shape index (κ3) is 5.87. The molecule has 1 saturated heterocycles. The molecule has 1 fully saturated rings. The molecule has 28 heavy (non-hydrogen) atoms. The second-order valence-electron chi connectivity index (χ2n) is 7.90. The number of carbonyl (C=O) groups excluding carboxylic acids is 1. The minimum absolute atomic E-state index is 0.120. The summed E-state index contributed by atoms with van der Waals surface area (Å²) in [6, 6.07) is 8.92.